The normalized spacial score (nSPS) is 12.8. The molecule has 0 saturated heterocycles. The topological polar surface area (TPSA) is 52.3 Å². The van der Waals surface area contributed by atoms with Gasteiger partial charge >= 0.3 is 0 Å². The van der Waals surface area contributed by atoms with Gasteiger partial charge in [-0.1, -0.05) is 41.9 Å². The standard InChI is InChI=1S/C11H14ClNO2.2BrH/c1-2-15-11(12,8-10(13)14)9-6-4-3-5-7-9;;/h3-7H,2,8H2,1H3,(H2,13,14);2*1H. The molecule has 3 nitrogen and oxygen atoms in total. The number of carbonyl (C=O) groups excluding carboxylic acids is 1. The van der Waals surface area contributed by atoms with Gasteiger partial charge in [0.15, 0.2) is 5.06 Å². The highest BCUT2D eigenvalue weighted by molar-refractivity contribution is 8.93. The van der Waals surface area contributed by atoms with Gasteiger partial charge in [0.05, 0.1) is 6.42 Å². The van der Waals surface area contributed by atoms with Crippen LogP contribution in [-0.2, 0) is 14.6 Å². The van der Waals surface area contributed by atoms with E-state index in [4.69, 9.17) is 22.1 Å². The van der Waals surface area contributed by atoms with E-state index >= 15 is 0 Å². The van der Waals surface area contributed by atoms with E-state index in [2.05, 4.69) is 0 Å². The van der Waals surface area contributed by atoms with E-state index in [1.54, 1.807) is 0 Å². The van der Waals surface area contributed by atoms with E-state index in [1.165, 1.54) is 0 Å². The van der Waals surface area contributed by atoms with Crippen LogP contribution < -0.4 is 5.73 Å². The highest BCUT2D eigenvalue weighted by atomic mass is 79.9. The second-order valence-corrected chi connectivity index (χ2v) is 3.78. The predicted molar refractivity (Wildman–Crippen MR) is 80.1 cm³/mol. The van der Waals surface area contributed by atoms with Crippen LogP contribution in [0.4, 0.5) is 0 Å². The minimum atomic E-state index is -1.14. The summed E-state index contributed by atoms with van der Waals surface area (Å²) < 4.78 is 5.39. The monoisotopic (exact) mass is 387 g/mol. The molecule has 1 rings (SSSR count). The molecule has 0 spiro atoms. The van der Waals surface area contributed by atoms with E-state index in [0.29, 0.717) is 6.61 Å². The van der Waals surface area contributed by atoms with Crippen LogP contribution in [0.2, 0.25) is 0 Å². The minimum Gasteiger partial charge on any atom is -0.370 e. The Labute approximate surface area is 127 Å². The van der Waals surface area contributed by atoms with Crippen LogP contribution >= 0.6 is 45.6 Å². The van der Waals surface area contributed by atoms with Crippen LogP contribution in [-0.4, -0.2) is 12.5 Å². The largest absolute Gasteiger partial charge is 0.370 e. The van der Waals surface area contributed by atoms with Crippen molar-refractivity contribution in [1.82, 2.24) is 0 Å². The Kier molecular flexibility index (Phi) is 10.1. The maximum Gasteiger partial charge on any atom is 0.221 e. The molecule has 0 aromatic heterocycles. The molecular formula is C11H16Br2ClNO2. The average Bonchev–Trinajstić information content (AvgIpc) is 2.18. The lowest BCUT2D eigenvalue weighted by molar-refractivity contribution is -0.122. The SMILES string of the molecule is Br.Br.CCOC(Cl)(CC(N)=O)c1ccccc1. The molecule has 0 aliphatic heterocycles. The summed E-state index contributed by atoms with van der Waals surface area (Å²) in [6.07, 6.45) is -0.0353. The third-order valence-electron chi connectivity index (χ3n) is 1.98. The van der Waals surface area contributed by atoms with Gasteiger partial charge in [-0.05, 0) is 12.5 Å². The molecule has 1 aromatic rings. The van der Waals surface area contributed by atoms with Gasteiger partial charge in [-0.25, -0.2) is 0 Å². The summed E-state index contributed by atoms with van der Waals surface area (Å²) in [4.78, 5) is 10.9. The summed E-state index contributed by atoms with van der Waals surface area (Å²) in [6.45, 7) is 2.24. The number of carbonyl (C=O) groups is 1. The van der Waals surface area contributed by atoms with Crippen molar-refractivity contribution in [1.29, 1.82) is 0 Å². The fourth-order valence-electron chi connectivity index (χ4n) is 1.38. The molecule has 0 aliphatic carbocycles. The van der Waals surface area contributed by atoms with Gasteiger partial charge in [0.1, 0.15) is 0 Å². The van der Waals surface area contributed by atoms with E-state index < -0.39 is 11.0 Å². The first-order valence-corrected chi connectivity index (χ1v) is 5.13. The van der Waals surface area contributed by atoms with Gasteiger partial charge < -0.3 is 10.5 Å². The summed E-state index contributed by atoms with van der Waals surface area (Å²) in [5.74, 6) is -0.484. The Morgan fingerprint density at radius 3 is 2.29 bits per heavy atom. The van der Waals surface area contributed by atoms with Crippen LogP contribution in [0.15, 0.2) is 30.3 Å². The Hall–Kier alpha value is -0.1000. The van der Waals surface area contributed by atoms with Crippen molar-refractivity contribution < 1.29 is 9.53 Å². The van der Waals surface area contributed by atoms with Gasteiger partial charge in [0, 0.05) is 6.61 Å². The zero-order valence-corrected chi connectivity index (χ0v) is 13.6. The average molecular weight is 390 g/mol. The molecule has 0 aliphatic rings. The lowest BCUT2D eigenvalue weighted by atomic mass is 10.1. The van der Waals surface area contributed by atoms with E-state index in [-0.39, 0.29) is 40.4 Å². The molecular weight excluding hydrogens is 373 g/mol. The van der Waals surface area contributed by atoms with Crippen molar-refractivity contribution >= 4 is 51.5 Å². The van der Waals surface area contributed by atoms with Crippen molar-refractivity contribution in [2.24, 2.45) is 5.73 Å². The molecule has 1 atom stereocenters. The molecule has 0 saturated carbocycles. The minimum absolute atomic E-state index is 0. The number of nitrogens with two attached hydrogens (primary N) is 1. The molecule has 1 unspecified atom stereocenters. The predicted octanol–water partition coefficient (Wildman–Crippen LogP) is 3.15. The highest BCUT2D eigenvalue weighted by Gasteiger charge is 2.32. The maximum atomic E-state index is 10.9. The molecule has 0 fully saturated rings. The summed E-state index contributed by atoms with van der Waals surface area (Å²) >= 11 is 6.24. The third-order valence-corrected chi connectivity index (χ3v) is 2.44. The fourth-order valence-corrected chi connectivity index (χ4v) is 1.74. The van der Waals surface area contributed by atoms with Crippen molar-refractivity contribution in [3.8, 4) is 0 Å². The Morgan fingerprint density at radius 2 is 1.88 bits per heavy atom. The van der Waals surface area contributed by atoms with Gasteiger partial charge in [0.2, 0.25) is 5.91 Å². The van der Waals surface area contributed by atoms with Crippen molar-refractivity contribution in [2.75, 3.05) is 6.61 Å². The molecule has 6 heteroatoms. The number of amides is 1. The van der Waals surface area contributed by atoms with Crippen molar-refractivity contribution in [2.45, 2.75) is 18.4 Å². The van der Waals surface area contributed by atoms with E-state index in [1.807, 2.05) is 37.3 Å². The van der Waals surface area contributed by atoms with Gasteiger partial charge in [-0.15, -0.1) is 34.0 Å². The summed E-state index contributed by atoms with van der Waals surface area (Å²) in [5, 5.41) is -1.14. The van der Waals surface area contributed by atoms with Gasteiger partial charge in [-0.3, -0.25) is 4.79 Å². The Morgan fingerprint density at radius 1 is 1.35 bits per heavy atom. The third kappa shape index (κ3) is 5.86. The quantitative estimate of drug-likeness (QED) is 0.787. The summed E-state index contributed by atoms with van der Waals surface area (Å²) in [6, 6.07) is 9.17. The number of halogens is 3. The van der Waals surface area contributed by atoms with Crippen molar-refractivity contribution in [3.05, 3.63) is 35.9 Å². The number of rotatable bonds is 5. The highest BCUT2D eigenvalue weighted by Crippen LogP contribution is 2.33. The lowest BCUT2D eigenvalue weighted by Gasteiger charge is -2.26. The number of primary amides is 1. The van der Waals surface area contributed by atoms with E-state index in [9.17, 15) is 4.79 Å². The molecule has 0 heterocycles. The van der Waals surface area contributed by atoms with Crippen LogP contribution in [0.25, 0.3) is 0 Å². The first-order chi connectivity index (χ1) is 7.08. The maximum absolute atomic E-state index is 10.9. The van der Waals surface area contributed by atoms with Crippen LogP contribution in [0.1, 0.15) is 18.9 Å². The zero-order valence-electron chi connectivity index (χ0n) is 9.39. The van der Waals surface area contributed by atoms with Gasteiger partial charge in [-0.2, -0.15) is 0 Å². The molecule has 17 heavy (non-hydrogen) atoms. The second-order valence-electron chi connectivity index (χ2n) is 3.17. The number of hydrogen-bond donors (Lipinski definition) is 1. The molecule has 0 bridgehead atoms. The molecule has 1 amide bonds. The number of ether oxygens (including phenoxy) is 1. The van der Waals surface area contributed by atoms with Crippen LogP contribution in [0, 0.1) is 0 Å². The van der Waals surface area contributed by atoms with Gasteiger partial charge in [0.25, 0.3) is 0 Å². The summed E-state index contributed by atoms with van der Waals surface area (Å²) in [7, 11) is 0. The molecule has 98 valence electrons. The van der Waals surface area contributed by atoms with Crippen LogP contribution in [0.3, 0.4) is 0 Å². The van der Waals surface area contributed by atoms with E-state index in [0.717, 1.165) is 5.56 Å². The summed E-state index contributed by atoms with van der Waals surface area (Å²) in [5.41, 5.74) is 5.89. The first kappa shape index (κ1) is 19.2. The smallest absolute Gasteiger partial charge is 0.221 e. The Bertz CT molecular complexity index is 338. The zero-order chi connectivity index (χ0) is 11.3. The number of benzene rings is 1. The molecule has 1 aromatic carbocycles. The first-order valence-electron chi connectivity index (χ1n) is 4.75. The molecule has 2 N–H and O–H groups in total. The number of alkyl halides is 1. The molecule has 0 radical (unpaired) electrons. The van der Waals surface area contributed by atoms with Crippen molar-refractivity contribution in [3.63, 3.8) is 0 Å². The fraction of sp³-hybridized carbons (Fsp3) is 0.364. The Balaban J connectivity index is 0. The number of hydrogen-bond acceptors (Lipinski definition) is 2. The lowest BCUT2D eigenvalue weighted by Crippen LogP contribution is -2.29. The second kappa shape index (κ2) is 8.91. The van der Waals surface area contributed by atoms with Crippen LogP contribution in [0.5, 0.6) is 0 Å².